The summed E-state index contributed by atoms with van der Waals surface area (Å²) in [5.41, 5.74) is -1.43. The zero-order valence-electron chi connectivity index (χ0n) is 13.9. The Morgan fingerprint density at radius 3 is 2.32 bits per heavy atom. The van der Waals surface area contributed by atoms with Crippen molar-refractivity contribution in [3.05, 3.63) is 0 Å². The number of likely N-dealkylation sites (tertiary alicyclic amines) is 1. The van der Waals surface area contributed by atoms with Crippen molar-refractivity contribution < 1.29 is 24.2 Å². The molecule has 1 fully saturated rings. The highest BCUT2D eigenvalue weighted by Gasteiger charge is 2.36. The van der Waals surface area contributed by atoms with Crippen molar-refractivity contribution in [2.24, 2.45) is 0 Å². The van der Waals surface area contributed by atoms with Gasteiger partial charge in [-0.3, -0.25) is 4.79 Å². The van der Waals surface area contributed by atoms with E-state index in [4.69, 9.17) is 9.84 Å². The second kappa shape index (κ2) is 6.54. The summed E-state index contributed by atoms with van der Waals surface area (Å²) in [6, 6.07) is -0.759. The van der Waals surface area contributed by atoms with Crippen LogP contribution in [0.2, 0.25) is 0 Å². The highest BCUT2D eigenvalue weighted by molar-refractivity contribution is 5.85. The van der Waals surface area contributed by atoms with Gasteiger partial charge >= 0.3 is 12.1 Å². The molecule has 1 rings (SSSR count). The summed E-state index contributed by atoms with van der Waals surface area (Å²) in [6.07, 6.45) is 0.584. The maximum absolute atomic E-state index is 12.3. The Morgan fingerprint density at radius 1 is 1.23 bits per heavy atom. The van der Waals surface area contributed by atoms with Crippen LogP contribution in [0.25, 0.3) is 0 Å². The molecule has 126 valence electrons. The van der Waals surface area contributed by atoms with Gasteiger partial charge in [-0.2, -0.15) is 0 Å². The molecular weight excluding hydrogens is 288 g/mol. The van der Waals surface area contributed by atoms with Crippen LogP contribution in [0, 0.1) is 0 Å². The van der Waals surface area contributed by atoms with Gasteiger partial charge in [0.1, 0.15) is 11.6 Å². The minimum Gasteiger partial charge on any atom is -0.480 e. The first kappa shape index (κ1) is 18.3. The van der Waals surface area contributed by atoms with Gasteiger partial charge in [0.25, 0.3) is 0 Å². The van der Waals surface area contributed by atoms with Crippen molar-refractivity contribution in [1.82, 2.24) is 10.2 Å². The summed E-state index contributed by atoms with van der Waals surface area (Å²) < 4.78 is 5.17. The minimum atomic E-state index is -0.983. The first-order valence-corrected chi connectivity index (χ1v) is 7.45. The summed E-state index contributed by atoms with van der Waals surface area (Å²) in [7, 11) is 0. The van der Waals surface area contributed by atoms with E-state index in [0.717, 1.165) is 0 Å². The quantitative estimate of drug-likeness (QED) is 0.824. The number of amides is 2. The maximum Gasteiger partial charge on any atom is 0.408 e. The molecule has 7 nitrogen and oxygen atoms in total. The molecule has 7 heteroatoms. The SMILES string of the molecule is CC(C)(CC(=O)N1CCCC1C(=O)O)NC(=O)OC(C)(C)C. The summed E-state index contributed by atoms with van der Waals surface area (Å²) in [5.74, 6) is -1.25. The Labute approximate surface area is 131 Å². The highest BCUT2D eigenvalue weighted by Crippen LogP contribution is 2.21. The van der Waals surface area contributed by atoms with Gasteiger partial charge in [-0.25, -0.2) is 9.59 Å². The fourth-order valence-electron chi connectivity index (χ4n) is 2.43. The predicted octanol–water partition coefficient (Wildman–Crippen LogP) is 1.76. The molecule has 0 aromatic rings. The molecule has 0 bridgehead atoms. The average Bonchev–Trinajstić information content (AvgIpc) is 2.72. The van der Waals surface area contributed by atoms with Gasteiger partial charge in [0.2, 0.25) is 5.91 Å². The lowest BCUT2D eigenvalue weighted by atomic mass is 10.00. The molecule has 2 amide bonds. The van der Waals surface area contributed by atoms with Gasteiger partial charge in [-0.05, 0) is 47.5 Å². The number of aliphatic carboxylic acids is 1. The van der Waals surface area contributed by atoms with E-state index in [9.17, 15) is 14.4 Å². The van der Waals surface area contributed by atoms with E-state index in [1.54, 1.807) is 34.6 Å². The maximum atomic E-state index is 12.3. The molecule has 1 unspecified atom stereocenters. The molecule has 1 aliphatic rings. The lowest BCUT2D eigenvalue weighted by Gasteiger charge is -2.30. The summed E-state index contributed by atoms with van der Waals surface area (Å²) in [6.45, 7) is 9.13. The number of rotatable bonds is 4. The van der Waals surface area contributed by atoms with Crippen LogP contribution in [0.5, 0.6) is 0 Å². The van der Waals surface area contributed by atoms with Gasteiger partial charge < -0.3 is 20.1 Å². The Kier molecular flexibility index (Phi) is 5.43. The Hall–Kier alpha value is -1.79. The minimum absolute atomic E-state index is 0.0238. The smallest absolute Gasteiger partial charge is 0.408 e. The first-order chi connectivity index (χ1) is 9.91. The van der Waals surface area contributed by atoms with Crippen LogP contribution in [0.3, 0.4) is 0 Å². The van der Waals surface area contributed by atoms with Crippen LogP contribution in [-0.4, -0.2) is 51.7 Å². The van der Waals surface area contributed by atoms with Crippen molar-refractivity contribution in [2.45, 2.75) is 71.1 Å². The molecule has 0 radical (unpaired) electrons. The van der Waals surface area contributed by atoms with E-state index in [-0.39, 0.29) is 12.3 Å². The third-order valence-electron chi connectivity index (χ3n) is 3.29. The number of nitrogens with zero attached hydrogens (tertiary/aromatic N) is 1. The van der Waals surface area contributed by atoms with Gasteiger partial charge in [0.15, 0.2) is 0 Å². The number of carboxylic acid groups (broad SMARTS) is 1. The average molecular weight is 314 g/mol. The van der Waals surface area contributed by atoms with Crippen LogP contribution >= 0.6 is 0 Å². The van der Waals surface area contributed by atoms with Crippen LogP contribution in [0.15, 0.2) is 0 Å². The van der Waals surface area contributed by atoms with Gasteiger partial charge in [0.05, 0.1) is 0 Å². The van der Waals surface area contributed by atoms with Crippen LogP contribution in [-0.2, 0) is 14.3 Å². The highest BCUT2D eigenvalue weighted by atomic mass is 16.6. The molecule has 1 atom stereocenters. The predicted molar refractivity (Wildman–Crippen MR) is 80.4 cm³/mol. The second-order valence-corrected chi connectivity index (χ2v) is 7.27. The van der Waals surface area contributed by atoms with Gasteiger partial charge in [-0.1, -0.05) is 0 Å². The third kappa shape index (κ3) is 5.54. The number of carboxylic acids is 1. The molecule has 1 aliphatic heterocycles. The van der Waals surface area contributed by atoms with E-state index >= 15 is 0 Å². The molecule has 0 saturated carbocycles. The molecule has 22 heavy (non-hydrogen) atoms. The number of carbonyl (C=O) groups is 3. The zero-order chi connectivity index (χ0) is 17.1. The Morgan fingerprint density at radius 2 is 1.82 bits per heavy atom. The normalized spacial score (nSPS) is 19.0. The van der Waals surface area contributed by atoms with Crippen molar-refractivity contribution in [2.75, 3.05) is 6.54 Å². The van der Waals surface area contributed by atoms with E-state index in [0.29, 0.717) is 19.4 Å². The lowest BCUT2D eigenvalue weighted by molar-refractivity contribution is -0.148. The summed E-state index contributed by atoms with van der Waals surface area (Å²) in [4.78, 5) is 36.6. The molecular formula is C15H26N2O5. The monoisotopic (exact) mass is 314 g/mol. The molecule has 0 spiro atoms. The number of hydrogen-bond donors (Lipinski definition) is 2. The zero-order valence-corrected chi connectivity index (χ0v) is 13.9. The number of nitrogens with one attached hydrogen (secondary N) is 1. The molecule has 1 heterocycles. The topological polar surface area (TPSA) is 95.9 Å². The number of hydrogen-bond acceptors (Lipinski definition) is 4. The van der Waals surface area contributed by atoms with Gasteiger partial charge in [0, 0.05) is 18.5 Å². The lowest BCUT2D eigenvalue weighted by Crippen LogP contribution is -2.50. The van der Waals surface area contributed by atoms with E-state index in [2.05, 4.69) is 5.32 Å². The van der Waals surface area contributed by atoms with Crippen LogP contribution < -0.4 is 5.32 Å². The standard InChI is InChI=1S/C15H26N2O5/c1-14(2,3)22-13(21)16-15(4,5)9-11(18)17-8-6-7-10(17)12(19)20/h10H,6-9H2,1-5H3,(H,16,21)(H,19,20). The number of alkyl carbamates (subject to hydrolysis) is 1. The van der Waals surface area contributed by atoms with Crippen molar-refractivity contribution in [3.63, 3.8) is 0 Å². The summed E-state index contributed by atoms with van der Waals surface area (Å²) >= 11 is 0. The molecule has 1 saturated heterocycles. The molecule has 0 aliphatic carbocycles. The molecule has 0 aromatic heterocycles. The fourth-order valence-corrected chi connectivity index (χ4v) is 2.43. The van der Waals surface area contributed by atoms with Crippen molar-refractivity contribution in [3.8, 4) is 0 Å². The number of carbonyl (C=O) groups excluding carboxylic acids is 2. The molecule has 2 N–H and O–H groups in total. The Balaban J connectivity index is 2.62. The first-order valence-electron chi connectivity index (χ1n) is 7.45. The third-order valence-corrected chi connectivity index (χ3v) is 3.29. The largest absolute Gasteiger partial charge is 0.480 e. The van der Waals surface area contributed by atoms with Crippen molar-refractivity contribution in [1.29, 1.82) is 0 Å². The summed E-state index contributed by atoms with van der Waals surface area (Å²) in [5, 5.41) is 11.8. The van der Waals surface area contributed by atoms with E-state index in [1.807, 2.05) is 0 Å². The molecule has 0 aromatic carbocycles. The second-order valence-electron chi connectivity index (χ2n) is 7.27. The van der Waals surface area contributed by atoms with Crippen molar-refractivity contribution >= 4 is 18.0 Å². The fraction of sp³-hybridized carbons (Fsp3) is 0.800. The Bertz CT molecular complexity index is 453. The number of ether oxygens (including phenoxy) is 1. The van der Waals surface area contributed by atoms with Gasteiger partial charge in [-0.15, -0.1) is 0 Å². The van der Waals surface area contributed by atoms with E-state index in [1.165, 1.54) is 4.90 Å². The van der Waals surface area contributed by atoms with Crippen LogP contribution in [0.4, 0.5) is 4.79 Å². The van der Waals surface area contributed by atoms with E-state index < -0.39 is 29.2 Å². The van der Waals surface area contributed by atoms with Crippen LogP contribution in [0.1, 0.15) is 53.9 Å².